The maximum Gasteiger partial charge on any atom is 0.332 e. The van der Waals surface area contributed by atoms with Crippen LogP contribution in [0.4, 0.5) is 0 Å². The molecule has 5 rings (SSSR count). The van der Waals surface area contributed by atoms with E-state index in [1.165, 1.54) is 32.1 Å². The van der Waals surface area contributed by atoms with Gasteiger partial charge in [0.1, 0.15) is 13.2 Å². The normalized spacial score (nSPS) is 39.2. The Bertz CT molecular complexity index is 903. The number of piperidine rings is 1. The quantitative estimate of drug-likeness (QED) is 0.538. The third-order valence-electron chi connectivity index (χ3n) is 10.5. The number of amides is 1. The van der Waals surface area contributed by atoms with Crippen molar-refractivity contribution in [2.45, 2.75) is 77.9 Å². The van der Waals surface area contributed by atoms with Crippen LogP contribution in [0.5, 0.6) is 0 Å². The van der Waals surface area contributed by atoms with Gasteiger partial charge in [-0.15, -0.1) is 0 Å². The van der Waals surface area contributed by atoms with E-state index in [2.05, 4.69) is 18.7 Å². The molecule has 3 aliphatic carbocycles. The summed E-state index contributed by atoms with van der Waals surface area (Å²) < 4.78 is 11.3. The third-order valence-corrected chi connectivity index (χ3v) is 10.5. The van der Waals surface area contributed by atoms with E-state index in [0.717, 1.165) is 36.2 Å². The van der Waals surface area contributed by atoms with Gasteiger partial charge in [-0.05, 0) is 85.0 Å². The first-order valence-electron chi connectivity index (χ1n) is 13.4. The van der Waals surface area contributed by atoms with E-state index in [-0.39, 0.29) is 18.0 Å². The van der Waals surface area contributed by atoms with Crippen molar-refractivity contribution in [2.75, 3.05) is 20.3 Å². The van der Waals surface area contributed by atoms with Crippen LogP contribution in [-0.2, 0) is 25.7 Å². The molecule has 1 saturated heterocycles. The van der Waals surface area contributed by atoms with Crippen molar-refractivity contribution in [2.24, 2.45) is 34.5 Å². The van der Waals surface area contributed by atoms with Crippen molar-refractivity contribution in [1.82, 2.24) is 4.90 Å². The number of rotatable bonds is 6. The zero-order valence-corrected chi connectivity index (χ0v) is 21.1. The van der Waals surface area contributed by atoms with E-state index in [1.807, 2.05) is 37.4 Å². The van der Waals surface area contributed by atoms with Crippen molar-refractivity contribution in [3.8, 4) is 0 Å². The lowest BCUT2D eigenvalue weighted by molar-refractivity contribution is -0.159. The molecule has 1 aliphatic heterocycles. The molecule has 5 nitrogen and oxygen atoms in total. The highest BCUT2D eigenvalue weighted by molar-refractivity contribution is 5.77. The molecular weight excluding hydrogens is 426 g/mol. The van der Waals surface area contributed by atoms with Crippen molar-refractivity contribution in [3.63, 3.8) is 0 Å². The van der Waals surface area contributed by atoms with Crippen LogP contribution in [0.1, 0.15) is 70.8 Å². The topological polar surface area (TPSA) is 55.8 Å². The number of nitrogens with zero attached hydrogens (tertiary/aromatic N) is 1. The zero-order valence-electron chi connectivity index (χ0n) is 21.1. The predicted molar refractivity (Wildman–Crippen MR) is 131 cm³/mol. The van der Waals surface area contributed by atoms with E-state index in [4.69, 9.17) is 9.47 Å². The van der Waals surface area contributed by atoms with E-state index in [9.17, 15) is 9.59 Å². The monoisotopic (exact) mass is 467 g/mol. The number of fused-ring (bicyclic) bond motifs is 5. The minimum atomic E-state index is -0.283. The summed E-state index contributed by atoms with van der Waals surface area (Å²) in [5.41, 5.74) is 1.56. The summed E-state index contributed by atoms with van der Waals surface area (Å²) in [6, 6.07) is 10.2. The van der Waals surface area contributed by atoms with Gasteiger partial charge < -0.3 is 14.4 Å². The molecule has 1 amide bonds. The van der Waals surface area contributed by atoms with Gasteiger partial charge in [-0.2, -0.15) is 0 Å². The molecule has 5 heteroatoms. The van der Waals surface area contributed by atoms with Crippen molar-refractivity contribution in [3.05, 3.63) is 35.9 Å². The predicted octanol–water partition coefficient (Wildman–Crippen LogP) is 5.23. The molecule has 4 unspecified atom stereocenters. The van der Waals surface area contributed by atoms with Crippen LogP contribution in [0.2, 0.25) is 0 Å². The summed E-state index contributed by atoms with van der Waals surface area (Å²) in [4.78, 5) is 26.6. The van der Waals surface area contributed by atoms with Gasteiger partial charge in [0.05, 0.1) is 6.61 Å². The van der Waals surface area contributed by atoms with Crippen LogP contribution in [0.25, 0.3) is 0 Å². The van der Waals surface area contributed by atoms with Crippen LogP contribution >= 0.6 is 0 Å². The highest BCUT2D eigenvalue weighted by Crippen LogP contribution is 2.66. The van der Waals surface area contributed by atoms with Crippen molar-refractivity contribution in [1.29, 1.82) is 0 Å². The molecule has 1 heterocycles. The standard InChI is InChI=1S/C29H41NO4/c1-28-15-13-24-22(10-12-25-29(24,2)16-14-26(31)30(25)3)23(28)11-9-21(28)18-33-19-27(32)34-17-20-7-5-4-6-8-20/h4-8,21-25H,9-19H2,1-3H3/t21?,22?,23?,24?,25-,28-,29-/m1/s1. The van der Waals surface area contributed by atoms with Crippen molar-refractivity contribution < 1.29 is 19.1 Å². The molecule has 7 atom stereocenters. The number of esters is 1. The highest BCUT2D eigenvalue weighted by Gasteiger charge is 2.61. The Balaban J connectivity index is 1.16. The molecule has 3 saturated carbocycles. The summed E-state index contributed by atoms with van der Waals surface area (Å²) in [5.74, 6) is 2.80. The second-order valence-corrected chi connectivity index (χ2v) is 12.0. The average Bonchev–Trinajstić information content (AvgIpc) is 3.17. The lowest BCUT2D eigenvalue weighted by atomic mass is 9.47. The highest BCUT2D eigenvalue weighted by atomic mass is 16.6. The molecular formula is C29H41NO4. The minimum absolute atomic E-state index is 0.0379. The Morgan fingerprint density at radius 3 is 2.56 bits per heavy atom. The Morgan fingerprint density at radius 2 is 1.76 bits per heavy atom. The fraction of sp³-hybridized carbons (Fsp3) is 0.724. The Labute approximate surface area is 204 Å². The van der Waals surface area contributed by atoms with Crippen LogP contribution in [0.3, 0.4) is 0 Å². The van der Waals surface area contributed by atoms with Crippen LogP contribution in [0, 0.1) is 34.5 Å². The lowest BCUT2D eigenvalue weighted by Crippen LogP contribution is -2.61. The van der Waals surface area contributed by atoms with Gasteiger partial charge in [0.15, 0.2) is 0 Å². The summed E-state index contributed by atoms with van der Waals surface area (Å²) >= 11 is 0. The molecule has 0 aromatic heterocycles. The number of ether oxygens (including phenoxy) is 2. The number of benzene rings is 1. The molecule has 0 spiro atoms. The van der Waals surface area contributed by atoms with Crippen LogP contribution in [-0.4, -0.2) is 43.1 Å². The minimum Gasteiger partial charge on any atom is -0.459 e. The molecule has 0 bridgehead atoms. The van der Waals surface area contributed by atoms with Crippen LogP contribution in [0.15, 0.2) is 30.3 Å². The number of likely N-dealkylation sites (tertiary alicyclic amines) is 1. The number of carbonyl (C=O) groups is 2. The van der Waals surface area contributed by atoms with Crippen LogP contribution < -0.4 is 0 Å². The second kappa shape index (κ2) is 9.29. The zero-order chi connectivity index (χ0) is 23.9. The smallest absolute Gasteiger partial charge is 0.332 e. The number of hydrogen-bond acceptors (Lipinski definition) is 4. The van der Waals surface area contributed by atoms with Gasteiger partial charge in [0.25, 0.3) is 0 Å². The molecule has 4 fully saturated rings. The average molecular weight is 468 g/mol. The van der Waals surface area contributed by atoms with E-state index in [1.54, 1.807) is 0 Å². The van der Waals surface area contributed by atoms with Gasteiger partial charge in [-0.3, -0.25) is 4.79 Å². The maximum atomic E-state index is 12.4. The molecule has 1 aromatic carbocycles. The first kappa shape index (κ1) is 23.8. The summed E-state index contributed by atoms with van der Waals surface area (Å²) in [6.45, 7) is 5.97. The summed E-state index contributed by atoms with van der Waals surface area (Å²) in [6.07, 6.45) is 9.16. The first-order valence-corrected chi connectivity index (χ1v) is 13.4. The van der Waals surface area contributed by atoms with Gasteiger partial charge in [-0.1, -0.05) is 44.2 Å². The molecule has 1 aromatic rings. The number of carbonyl (C=O) groups excluding carboxylic acids is 2. The van der Waals surface area contributed by atoms with Gasteiger partial charge in [-0.25, -0.2) is 4.79 Å². The molecule has 0 N–H and O–H groups in total. The third kappa shape index (κ3) is 4.08. The SMILES string of the molecule is CN1C(=O)CC[C@]2(C)C3CC[C@]4(C)C(COCC(=O)OCc5ccccc5)CCC4C3CC[C@@H]12. The number of hydrogen-bond donors (Lipinski definition) is 0. The lowest BCUT2D eigenvalue weighted by Gasteiger charge is -2.61. The van der Waals surface area contributed by atoms with Gasteiger partial charge in [0.2, 0.25) is 5.91 Å². The Morgan fingerprint density at radius 1 is 1.00 bits per heavy atom. The molecule has 186 valence electrons. The summed E-state index contributed by atoms with van der Waals surface area (Å²) in [7, 11) is 2.03. The fourth-order valence-corrected chi connectivity index (χ4v) is 8.60. The molecule has 34 heavy (non-hydrogen) atoms. The van der Waals surface area contributed by atoms with Gasteiger partial charge in [0, 0.05) is 19.5 Å². The van der Waals surface area contributed by atoms with Crippen molar-refractivity contribution >= 4 is 11.9 Å². The molecule has 0 radical (unpaired) electrons. The molecule has 4 aliphatic rings. The van der Waals surface area contributed by atoms with E-state index >= 15 is 0 Å². The Kier molecular flexibility index (Phi) is 6.52. The first-order chi connectivity index (χ1) is 16.3. The van der Waals surface area contributed by atoms with E-state index in [0.29, 0.717) is 42.9 Å². The largest absolute Gasteiger partial charge is 0.459 e. The second-order valence-electron chi connectivity index (χ2n) is 12.0. The maximum absolute atomic E-state index is 12.4. The van der Waals surface area contributed by atoms with Gasteiger partial charge >= 0.3 is 5.97 Å². The van der Waals surface area contributed by atoms with E-state index < -0.39 is 0 Å². The Hall–Kier alpha value is -1.88. The fourth-order valence-electron chi connectivity index (χ4n) is 8.60. The summed E-state index contributed by atoms with van der Waals surface area (Å²) in [5, 5.41) is 0.